The first-order chi connectivity index (χ1) is 9.99. The van der Waals surface area contributed by atoms with Crippen LogP contribution in [-0.2, 0) is 0 Å². The highest BCUT2D eigenvalue weighted by molar-refractivity contribution is 9.10. The molecule has 0 radical (unpaired) electrons. The highest BCUT2D eigenvalue weighted by Gasteiger charge is 2.13. The number of pyridine rings is 1. The molecule has 0 saturated heterocycles. The Morgan fingerprint density at radius 2 is 2.19 bits per heavy atom. The first-order valence-corrected chi connectivity index (χ1v) is 7.20. The summed E-state index contributed by atoms with van der Waals surface area (Å²) in [6.07, 6.45) is 0. The molecule has 1 aromatic heterocycles. The third kappa shape index (κ3) is 4.05. The Balaban J connectivity index is 2.38. The van der Waals surface area contributed by atoms with Gasteiger partial charge in [-0.2, -0.15) is 4.98 Å². The van der Waals surface area contributed by atoms with Crippen LogP contribution in [0, 0.1) is 10.1 Å². The maximum Gasteiger partial charge on any atom is 0.278 e. The number of rotatable bonds is 5. The first kappa shape index (κ1) is 15.5. The zero-order valence-electron chi connectivity index (χ0n) is 11.0. The monoisotopic (exact) mass is 371 g/mol. The van der Waals surface area contributed by atoms with Gasteiger partial charge in [0.25, 0.3) is 5.69 Å². The van der Waals surface area contributed by atoms with Crippen molar-refractivity contribution in [3.8, 4) is 11.6 Å². The normalized spacial score (nSPS) is 10.2. The maximum absolute atomic E-state index is 10.9. The van der Waals surface area contributed by atoms with Crippen molar-refractivity contribution in [1.29, 1.82) is 0 Å². The van der Waals surface area contributed by atoms with Gasteiger partial charge in [0, 0.05) is 11.0 Å². The van der Waals surface area contributed by atoms with Crippen molar-refractivity contribution in [2.75, 3.05) is 11.9 Å². The lowest BCUT2D eigenvalue weighted by molar-refractivity contribution is -0.384. The molecule has 2 rings (SSSR count). The van der Waals surface area contributed by atoms with E-state index in [-0.39, 0.29) is 11.6 Å². The number of hydrogen-bond donors (Lipinski definition) is 1. The molecule has 0 aliphatic rings. The van der Waals surface area contributed by atoms with E-state index in [0.29, 0.717) is 23.1 Å². The average molecular weight is 373 g/mol. The molecule has 110 valence electrons. The first-order valence-electron chi connectivity index (χ1n) is 6.03. The second-order valence-corrected chi connectivity index (χ2v) is 5.34. The number of anilines is 1. The van der Waals surface area contributed by atoms with Crippen LogP contribution < -0.4 is 10.1 Å². The average Bonchev–Trinajstić information content (AvgIpc) is 2.43. The van der Waals surface area contributed by atoms with Gasteiger partial charge in [0.15, 0.2) is 0 Å². The Hall–Kier alpha value is -1.86. The van der Waals surface area contributed by atoms with E-state index in [1.807, 2.05) is 6.92 Å². The van der Waals surface area contributed by atoms with E-state index >= 15 is 0 Å². The number of benzene rings is 1. The van der Waals surface area contributed by atoms with E-state index in [1.165, 1.54) is 12.1 Å². The van der Waals surface area contributed by atoms with Crippen molar-refractivity contribution in [2.24, 2.45) is 0 Å². The summed E-state index contributed by atoms with van der Waals surface area (Å²) in [7, 11) is 0. The minimum atomic E-state index is -0.502. The Bertz CT molecular complexity index is 682. The van der Waals surface area contributed by atoms with E-state index in [9.17, 15) is 10.1 Å². The number of hydrogen-bond acceptors (Lipinski definition) is 5. The van der Waals surface area contributed by atoms with Crippen LogP contribution in [0.5, 0.6) is 11.6 Å². The molecule has 0 fully saturated rings. The summed E-state index contributed by atoms with van der Waals surface area (Å²) in [6.45, 7) is 2.46. The highest BCUT2D eigenvalue weighted by Crippen LogP contribution is 2.33. The van der Waals surface area contributed by atoms with E-state index in [1.54, 1.807) is 18.2 Å². The van der Waals surface area contributed by atoms with Crippen LogP contribution in [0.15, 0.2) is 34.8 Å². The van der Waals surface area contributed by atoms with Crippen LogP contribution in [0.3, 0.4) is 0 Å². The van der Waals surface area contributed by atoms with Crippen LogP contribution >= 0.6 is 27.5 Å². The quantitative estimate of drug-likeness (QED) is 0.611. The van der Waals surface area contributed by atoms with E-state index in [0.717, 1.165) is 4.47 Å². The van der Waals surface area contributed by atoms with Gasteiger partial charge in [-0.05, 0) is 25.1 Å². The van der Waals surface area contributed by atoms with Gasteiger partial charge < -0.3 is 10.1 Å². The lowest BCUT2D eigenvalue weighted by Crippen LogP contribution is -2.02. The van der Waals surface area contributed by atoms with Crippen molar-refractivity contribution < 1.29 is 9.66 Å². The largest absolute Gasteiger partial charge is 0.437 e. The lowest BCUT2D eigenvalue weighted by Gasteiger charge is -2.09. The second-order valence-electron chi connectivity index (χ2n) is 4.01. The lowest BCUT2D eigenvalue weighted by atomic mass is 10.3. The van der Waals surface area contributed by atoms with Crippen LogP contribution in [0.2, 0.25) is 5.02 Å². The number of aromatic nitrogens is 1. The molecule has 2 aromatic rings. The number of nitrogens with zero attached hydrogens (tertiary/aromatic N) is 2. The predicted molar refractivity (Wildman–Crippen MR) is 84.3 cm³/mol. The summed E-state index contributed by atoms with van der Waals surface area (Å²) in [5, 5.41) is 14.2. The summed E-state index contributed by atoms with van der Waals surface area (Å²) in [4.78, 5) is 14.6. The molecule has 0 aliphatic carbocycles. The van der Waals surface area contributed by atoms with Crippen LogP contribution in [0.4, 0.5) is 11.5 Å². The van der Waals surface area contributed by atoms with E-state index in [4.69, 9.17) is 16.3 Å². The van der Waals surface area contributed by atoms with Crippen molar-refractivity contribution >= 4 is 39.0 Å². The molecule has 0 atom stereocenters. The molecule has 0 bridgehead atoms. The molecule has 0 saturated carbocycles. The summed E-state index contributed by atoms with van der Waals surface area (Å²) in [5.74, 6) is 0.828. The second kappa shape index (κ2) is 6.73. The van der Waals surface area contributed by atoms with Gasteiger partial charge in [0.05, 0.1) is 22.1 Å². The third-order valence-corrected chi connectivity index (χ3v) is 3.27. The fourth-order valence-electron chi connectivity index (χ4n) is 1.59. The summed E-state index contributed by atoms with van der Waals surface area (Å²) < 4.78 is 6.33. The van der Waals surface area contributed by atoms with Gasteiger partial charge in [-0.1, -0.05) is 27.5 Å². The van der Waals surface area contributed by atoms with Gasteiger partial charge in [-0.15, -0.1) is 0 Å². The SMILES string of the molecule is CCNc1cc([N+](=O)[O-])cc(Oc2cc(Br)ccc2Cl)n1. The topological polar surface area (TPSA) is 77.3 Å². The number of halogens is 2. The molecule has 1 heterocycles. The van der Waals surface area contributed by atoms with Gasteiger partial charge >= 0.3 is 0 Å². The summed E-state index contributed by atoms with van der Waals surface area (Å²) >= 11 is 9.33. The number of nitro groups is 1. The van der Waals surface area contributed by atoms with Crippen molar-refractivity contribution in [2.45, 2.75) is 6.92 Å². The Kier molecular flexibility index (Phi) is 4.98. The van der Waals surface area contributed by atoms with Gasteiger partial charge in [-0.25, -0.2) is 0 Å². The van der Waals surface area contributed by atoms with Crippen molar-refractivity contribution in [3.05, 3.63) is 49.9 Å². The number of ether oxygens (including phenoxy) is 1. The zero-order chi connectivity index (χ0) is 15.4. The molecule has 6 nitrogen and oxygen atoms in total. The fraction of sp³-hybridized carbons (Fsp3) is 0.154. The molecule has 0 aliphatic heterocycles. The summed E-state index contributed by atoms with van der Waals surface area (Å²) in [6, 6.07) is 7.68. The summed E-state index contributed by atoms with van der Waals surface area (Å²) in [5.41, 5.74) is -0.109. The molecular formula is C13H11BrClN3O3. The standard InChI is InChI=1S/C13H11BrClN3O3/c1-2-16-12-6-9(18(19)20)7-13(17-12)21-11-5-8(14)3-4-10(11)15/h3-7H,2H2,1H3,(H,16,17). The molecule has 21 heavy (non-hydrogen) atoms. The molecule has 1 aromatic carbocycles. The number of nitrogens with one attached hydrogen (secondary N) is 1. The smallest absolute Gasteiger partial charge is 0.278 e. The maximum atomic E-state index is 10.9. The molecule has 0 unspecified atom stereocenters. The van der Waals surface area contributed by atoms with Gasteiger partial charge in [0.2, 0.25) is 5.88 Å². The van der Waals surface area contributed by atoms with E-state index < -0.39 is 4.92 Å². The molecular weight excluding hydrogens is 362 g/mol. The minimum Gasteiger partial charge on any atom is -0.437 e. The molecule has 1 N–H and O–H groups in total. The Morgan fingerprint density at radius 1 is 1.43 bits per heavy atom. The van der Waals surface area contributed by atoms with Crippen LogP contribution in [0.1, 0.15) is 6.92 Å². The third-order valence-electron chi connectivity index (χ3n) is 2.46. The zero-order valence-corrected chi connectivity index (χ0v) is 13.3. The van der Waals surface area contributed by atoms with Crippen molar-refractivity contribution in [1.82, 2.24) is 4.98 Å². The Labute approximate surface area is 134 Å². The van der Waals surface area contributed by atoms with Crippen LogP contribution in [-0.4, -0.2) is 16.5 Å². The van der Waals surface area contributed by atoms with Crippen molar-refractivity contribution in [3.63, 3.8) is 0 Å². The highest BCUT2D eigenvalue weighted by atomic mass is 79.9. The fourth-order valence-corrected chi connectivity index (χ4v) is 2.09. The minimum absolute atomic E-state index is 0.0974. The molecule has 0 spiro atoms. The molecule has 8 heteroatoms. The van der Waals surface area contributed by atoms with Gasteiger partial charge in [0.1, 0.15) is 11.6 Å². The predicted octanol–water partition coefficient (Wildman–Crippen LogP) is 4.63. The van der Waals surface area contributed by atoms with Gasteiger partial charge in [-0.3, -0.25) is 10.1 Å². The van der Waals surface area contributed by atoms with E-state index in [2.05, 4.69) is 26.2 Å². The molecule has 0 amide bonds. The Morgan fingerprint density at radius 3 is 2.86 bits per heavy atom. The van der Waals surface area contributed by atoms with Crippen LogP contribution in [0.25, 0.3) is 0 Å².